The minimum Gasteiger partial charge on any atom is -0.354 e. The second-order valence-electron chi connectivity index (χ2n) is 4.39. The molecular formula is C11H13N3O5S. The second-order valence-corrected chi connectivity index (χ2v) is 6.33. The first-order chi connectivity index (χ1) is 9.32. The highest BCUT2D eigenvalue weighted by Crippen LogP contribution is 2.23. The van der Waals surface area contributed by atoms with Crippen molar-refractivity contribution in [2.45, 2.75) is 11.8 Å². The van der Waals surface area contributed by atoms with Crippen molar-refractivity contribution in [2.75, 3.05) is 19.6 Å². The molecule has 0 atom stereocenters. The molecule has 1 heterocycles. The summed E-state index contributed by atoms with van der Waals surface area (Å²) in [7, 11) is -3.81. The summed E-state index contributed by atoms with van der Waals surface area (Å²) >= 11 is 0. The van der Waals surface area contributed by atoms with Crippen LogP contribution in [0.4, 0.5) is 5.69 Å². The van der Waals surface area contributed by atoms with Crippen molar-refractivity contribution in [3.05, 3.63) is 33.9 Å². The van der Waals surface area contributed by atoms with Crippen molar-refractivity contribution in [3.63, 3.8) is 0 Å². The van der Waals surface area contributed by atoms with Gasteiger partial charge in [0.2, 0.25) is 15.9 Å². The maximum Gasteiger partial charge on any atom is 0.272 e. The summed E-state index contributed by atoms with van der Waals surface area (Å²) in [4.78, 5) is 21.4. The molecule has 0 radical (unpaired) electrons. The van der Waals surface area contributed by atoms with Gasteiger partial charge in [-0.05, 0) is 19.1 Å². The van der Waals surface area contributed by atoms with Crippen LogP contribution in [0.15, 0.2) is 23.1 Å². The van der Waals surface area contributed by atoms with Crippen LogP contribution in [0, 0.1) is 17.0 Å². The molecule has 0 saturated carbocycles. The number of nitro groups is 1. The van der Waals surface area contributed by atoms with E-state index in [-0.39, 0.29) is 41.7 Å². The third-order valence-electron chi connectivity index (χ3n) is 3.01. The van der Waals surface area contributed by atoms with E-state index in [0.717, 1.165) is 10.4 Å². The van der Waals surface area contributed by atoms with Crippen LogP contribution in [0.1, 0.15) is 5.56 Å². The van der Waals surface area contributed by atoms with Gasteiger partial charge in [-0.25, -0.2) is 8.42 Å². The molecule has 0 unspecified atom stereocenters. The lowest BCUT2D eigenvalue weighted by Gasteiger charge is -2.25. The van der Waals surface area contributed by atoms with Crippen LogP contribution in [-0.4, -0.2) is 43.2 Å². The number of carbonyl (C=O) groups excluding carboxylic acids is 1. The number of sulfonamides is 1. The van der Waals surface area contributed by atoms with Crippen molar-refractivity contribution in [3.8, 4) is 0 Å². The SMILES string of the molecule is Cc1cc(S(=O)(=O)N2CCNC(=O)C2)ccc1[N+](=O)[O-]. The molecule has 108 valence electrons. The molecule has 0 spiro atoms. The number of nitro benzene ring substituents is 1. The number of rotatable bonds is 3. The van der Waals surface area contributed by atoms with E-state index in [4.69, 9.17) is 0 Å². The molecule has 1 aliphatic heterocycles. The molecule has 1 aromatic rings. The fraction of sp³-hybridized carbons (Fsp3) is 0.364. The van der Waals surface area contributed by atoms with Crippen LogP contribution in [-0.2, 0) is 14.8 Å². The summed E-state index contributed by atoms with van der Waals surface area (Å²) in [5.41, 5.74) is 0.123. The third kappa shape index (κ3) is 2.63. The van der Waals surface area contributed by atoms with Gasteiger partial charge in [0.15, 0.2) is 0 Å². The van der Waals surface area contributed by atoms with Gasteiger partial charge in [0, 0.05) is 24.7 Å². The zero-order chi connectivity index (χ0) is 14.9. The number of nitrogens with one attached hydrogen (secondary N) is 1. The highest BCUT2D eigenvalue weighted by Gasteiger charge is 2.29. The number of nitrogens with zero attached hydrogens (tertiary/aromatic N) is 2. The third-order valence-corrected chi connectivity index (χ3v) is 4.85. The highest BCUT2D eigenvalue weighted by molar-refractivity contribution is 7.89. The quantitative estimate of drug-likeness (QED) is 0.625. The molecule has 1 fully saturated rings. The molecule has 1 aromatic carbocycles. The summed E-state index contributed by atoms with van der Waals surface area (Å²) in [5.74, 6) is -0.363. The normalized spacial score (nSPS) is 16.8. The summed E-state index contributed by atoms with van der Waals surface area (Å²) in [6, 6.07) is 3.60. The predicted octanol–water partition coefficient (Wildman–Crippen LogP) is 0.0237. The topological polar surface area (TPSA) is 110 Å². The average molecular weight is 299 g/mol. The van der Waals surface area contributed by atoms with Gasteiger partial charge in [-0.15, -0.1) is 0 Å². The van der Waals surface area contributed by atoms with Gasteiger partial charge in [0.1, 0.15) is 0 Å². The second kappa shape index (κ2) is 5.17. The van der Waals surface area contributed by atoms with Crippen LogP contribution in [0.25, 0.3) is 0 Å². The Hall–Kier alpha value is -2.00. The Bertz CT molecular complexity index is 671. The number of amides is 1. The zero-order valence-electron chi connectivity index (χ0n) is 10.7. The lowest BCUT2D eigenvalue weighted by molar-refractivity contribution is -0.385. The number of carbonyl (C=O) groups is 1. The number of benzene rings is 1. The van der Waals surface area contributed by atoms with E-state index < -0.39 is 14.9 Å². The van der Waals surface area contributed by atoms with E-state index in [1.54, 1.807) is 0 Å². The number of aryl methyl sites for hydroxylation is 1. The minimum atomic E-state index is -3.81. The summed E-state index contributed by atoms with van der Waals surface area (Å²) in [5, 5.41) is 13.3. The van der Waals surface area contributed by atoms with Gasteiger partial charge in [-0.3, -0.25) is 14.9 Å². The predicted molar refractivity (Wildman–Crippen MR) is 69.6 cm³/mol. The van der Waals surface area contributed by atoms with Crippen molar-refractivity contribution < 1.29 is 18.1 Å². The molecule has 0 aliphatic carbocycles. The summed E-state index contributed by atoms with van der Waals surface area (Å²) in [6.45, 7) is 1.67. The van der Waals surface area contributed by atoms with Crippen molar-refractivity contribution in [1.29, 1.82) is 0 Å². The molecule has 0 bridgehead atoms. The van der Waals surface area contributed by atoms with Crippen LogP contribution in [0.5, 0.6) is 0 Å². The fourth-order valence-electron chi connectivity index (χ4n) is 1.96. The fourth-order valence-corrected chi connectivity index (χ4v) is 3.45. The average Bonchev–Trinajstić information content (AvgIpc) is 2.38. The van der Waals surface area contributed by atoms with Crippen molar-refractivity contribution >= 4 is 21.6 Å². The molecule has 1 amide bonds. The molecule has 1 saturated heterocycles. The highest BCUT2D eigenvalue weighted by atomic mass is 32.2. The van der Waals surface area contributed by atoms with Crippen molar-refractivity contribution in [2.24, 2.45) is 0 Å². The van der Waals surface area contributed by atoms with Crippen molar-refractivity contribution in [1.82, 2.24) is 9.62 Å². The van der Waals surface area contributed by atoms with Crippen LogP contribution < -0.4 is 5.32 Å². The molecule has 8 nitrogen and oxygen atoms in total. The van der Waals surface area contributed by atoms with Gasteiger partial charge in [0.25, 0.3) is 5.69 Å². The van der Waals surface area contributed by atoms with Gasteiger partial charge >= 0.3 is 0 Å². The zero-order valence-corrected chi connectivity index (χ0v) is 11.5. The first-order valence-corrected chi connectivity index (χ1v) is 7.28. The van der Waals surface area contributed by atoms with E-state index in [0.29, 0.717) is 0 Å². The van der Waals surface area contributed by atoms with E-state index in [9.17, 15) is 23.3 Å². The van der Waals surface area contributed by atoms with E-state index >= 15 is 0 Å². The Morgan fingerprint density at radius 3 is 2.65 bits per heavy atom. The molecule has 2 rings (SSSR count). The minimum absolute atomic E-state index is 0.0460. The van der Waals surface area contributed by atoms with E-state index in [1.807, 2.05) is 0 Å². The monoisotopic (exact) mass is 299 g/mol. The number of piperazine rings is 1. The maximum atomic E-state index is 12.3. The number of hydrogen-bond acceptors (Lipinski definition) is 5. The Kier molecular flexibility index (Phi) is 3.73. The molecule has 1 N–H and O–H groups in total. The Balaban J connectivity index is 2.37. The largest absolute Gasteiger partial charge is 0.354 e. The lowest BCUT2D eigenvalue weighted by atomic mass is 10.2. The van der Waals surface area contributed by atoms with E-state index in [1.165, 1.54) is 19.1 Å². The van der Waals surface area contributed by atoms with Gasteiger partial charge in [-0.1, -0.05) is 0 Å². The smallest absolute Gasteiger partial charge is 0.272 e. The van der Waals surface area contributed by atoms with Gasteiger partial charge in [-0.2, -0.15) is 4.31 Å². The summed E-state index contributed by atoms with van der Waals surface area (Å²) < 4.78 is 25.7. The van der Waals surface area contributed by atoms with Gasteiger partial charge < -0.3 is 5.32 Å². The first kappa shape index (κ1) is 14.4. The molecule has 9 heteroatoms. The molecule has 0 aromatic heterocycles. The lowest BCUT2D eigenvalue weighted by Crippen LogP contribution is -2.49. The standard InChI is InChI=1S/C11H13N3O5S/c1-8-6-9(2-3-10(8)14(16)17)20(18,19)13-5-4-12-11(15)7-13/h2-3,6H,4-5,7H2,1H3,(H,12,15). The van der Waals surface area contributed by atoms with Crippen LogP contribution in [0.3, 0.4) is 0 Å². The Morgan fingerprint density at radius 2 is 2.10 bits per heavy atom. The Morgan fingerprint density at radius 1 is 1.40 bits per heavy atom. The summed E-state index contributed by atoms with van der Waals surface area (Å²) in [6.07, 6.45) is 0. The molecule has 1 aliphatic rings. The van der Waals surface area contributed by atoms with Crippen LogP contribution in [0.2, 0.25) is 0 Å². The van der Waals surface area contributed by atoms with Crippen LogP contribution >= 0.6 is 0 Å². The first-order valence-electron chi connectivity index (χ1n) is 5.84. The molecule has 20 heavy (non-hydrogen) atoms. The number of hydrogen-bond donors (Lipinski definition) is 1. The van der Waals surface area contributed by atoms with E-state index in [2.05, 4.69) is 5.32 Å². The molecular weight excluding hydrogens is 286 g/mol. The van der Waals surface area contributed by atoms with Gasteiger partial charge in [0.05, 0.1) is 16.4 Å². The maximum absolute atomic E-state index is 12.3. The Labute approximate surface area is 115 Å².